The Kier molecular flexibility index (Phi) is 17.8. The molecule has 0 heterocycles. The minimum atomic E-state index is -0.423. The van der Waals surface area contributed by atoms with Crippen molar-refractivity contribution < 1.29 is 19.2 Å². The Morgan fingerprint density at radius 2 is 0.861 bits per heavy atom. The number of rotatable bonds is 14. The molecule has 212 valence electrons. The van der Waals surface area contributed by atoms with Crippen LogP contribution in [0.25, 0.3) is 0 Å². The number of carbonyl (C=O) groups excluding carboxylic acids is 4. The quantitative estimate of drug-likeness (QED) is 0.283. The lowest BCUT2D eigenvalue weighted by Gasteiger charge is -2.26. The van der Waals surface area contributed by atoms with Gasteiger partial charge in [0.2, 0.25) is 11.8 Å². The lowest BCUT2D eigenvalue weighted by atomic mass is 9.93. The number of carbonyl (C=O) groups is 4. The Hall–Kier alpha value is -1.80. The molecule has 0 saturated carbocycles. The topological polar surface area (TPSA) is 116 Å². The van der Waals surface area contributed by atoms with Crippen molar-refractivity contribution in [1.29, 1.82) is 0 Å². The molecule has 0 aliphatic rings. The van der Waals surface area contributed by atoms with E-state index < -0.39 is 12.1 Å². The summed E-state index contributed by atoms with van der Waals surface area (Å²) < 4.78 is 0. The van der Waals surface area contributed by atoms with Gasteiger partial charge in [-0.05, 0) is 25.7 Å². The highest BCUT2D eigenvalue weighted by Gasteiger charge is 2.28. The van der Waals surface area contributed by atoms with Crippen LogP contribution in [0.2, 0.25) is 0 Å². The number of amides is 2. The molecule has 0 aliphatic carbocycles. The van der Waals surface area contributed by atoms with E-state index in [0.717, 1.165) is 0 Å². The maximum absolute atomic E-state index is 12.1. The molecule has 0 radical (unpaired) electrons. The van der Waals surface area contributed by atoms with Gasteiger partial charge in [-0.15, -0.1) is 0 Å². The molecule has 4 N–H and O–H groups in total. The first-order chi connectivity index (χ1) is 16.3. The maximum atomic E-state index is 12.1. The van der Waals surface area contributed by atoms with Crippen LogP contribution >= 0.6 is 0 Å². The predicted molar refractivity (Wildman–Crippen MR) is 149 cm³/mol. The molecular formula is C28H56N4O4. The Morgan fingerprint density at radius 3 is 1.19 bits per heavy atom. The van der Waals surface area contributed by atoms with E-state index in [1.807, 2.05) is 90.0 Å². The van der Waals surface area contributed by atoms with Crippen LogP contribution in [-0.4, -0.2) is 59.6 Å². The lowest BCUT2D eigenvalue weighted by Crippen LogP contribution is -2.53. The van der Waals surface area contributed by atoms with Gasteiger partial charge < -0.3 is 21.3 Å². The maximum Gasteiger partial charge on any atom is 0.237 e. The number of hydrogen-bond acceptors (Lipinski definition) is 6. The van der Waals surface area contributed by atoms with Gasteiger partial charge in [0.15, 0.2) is 11.6 Å². The molecule has 8 nitrogen and oxygen atoms in total. The van der Waals surface area contributed by atoms with E-state index in [1.54, 1.807) is 6.92 Å². The lowest BCUT2D eigenvalue weighted by molar-refractivity contribution is -0.131. The zero-order valence-electron chi connectivity index (χ0n) is 25.4. The fourth-order valence-electron chi connectivity index (χ4n) is 3.58. The van der Waals surface area contributed by atoms with Crippen molar-refractivity contribution >= 4 is 23.4 Å². The summed E-state index contributed by atoms with van der Waals surface area (Å²) in [4.78, 5) is 47.9. The molecule has 2 amide bonds. The third kappa shape index (κ3) is 14.7. The summed E-state index contributed by atoms with van der Waals surface area (Å²) >= 11 is 0. The number of nitrogens with one attached hydrogen (secondary N) is 4. The Morgan fingerprint density at radius 1 is 0.444 bits per heavy atom. The average molecular weight is 513 g/mol. The minimum absolute atomic E-state index is 0.0594. The number of Topliss-reactive ketones (excluding diaryl/α,β-unsaturated/α-hetero) is 2. The SMILES string of the molecule is CC(C)N[C@@H](C)C(=O)N[C@H](C(=O)C(C)C)C(C)C.CC(C)N[C@H](C(=O)N[C@@H](C)C(=O)C(C)C)C(C)C. The second-order valence-corrected chi connectivity index (χ2v) is 11.7. The van der Waals surface area contributed by atoms with Crippen LogP contribution < -0.4 is 21.3 Å². The van der Waals surface area contributed by atoms with E-state index >= 15 is 0 Å². The van der Waals surface area contributed by atoms with Crippen molar-refractivity contribution in [3.8, 4) is 0 Å². The first-order valence-electron chi connectivity index (χ1n) is 13.5. The molecule has 0 aromatic carbocycles. The highest BCUT2D eigenvalue weighted by molar-refractivity contribution is 5.92. The van der Waals surface area contributed by atoms with Crippen molar-refractivity contribution in [2.75, 3.05) is 0 Å². The van der Waals surface area contributed by atoms with Crippen molar-refractivity contribution in [3.05, 3.63) is 0 Å². The van der Waals surface area contributed by atoms with E-state index in [4.69, 9.17) is 0 Å². The van der Waals surface area contributed by atoms with Gasteiger partial charge in [0.05, 0.1) is 24.2 Å². The highest BCUT2D eigenvalue weighted by Crippen LogP contribution is 2.09. The summed E-state index contributed by atoms with van der Waals surface area (Å²) in [7, 11) is 0. The van der Waals surface area contributed by atoms with Crippen LogP contribution in [0.1, 0.15) is 96.9 Å². The number of ketones is 2. The Bertz CT molecular complexity index is 687. The molecular weight excluding hydrogens is 456 g/mol. The normalized spacial score (nSPS) is 15.0. The molecule has 0 aromatic rings. The van der Waals surface area contributed by atoms with Gasteiger partial charge >= 0.3 is 0 Å². The zero-order chi connectivity index (χ0) is 28.9. The van der Waals surface area contributed by atoms with Gasteiger partial charge in [0.25, 0.3) is 0 Å². The van der Waals surface area contributed by atoms with Crippen LogP contribution in [0.3, 0.4) is 0 Å². The molecule has 0 aliphatic heterocycles. The van der Waals surface area contributed by atoms with Crippen LogP contribution in [0.5, 0.6) is 0 Å². The van der Waals surface area contributed by atoms with Crippen molar-refractivity contribution in [2.45, 2.75) is 133 Å². The van der Waals surface area contributed by atoms with Gasteiger partial charge in [0, 0.05) is 23.9 Å². The molecule has 0 aromatic heterocycles. The molecule has 0 spiro atoms. The molecule has 36 heavy (non-hydrogen) atoms. The van der Waals surface area contributed by atoms with Crippen LogP contribution in [0.15, 0.2) is 0 Å². The Labute approximate surface area is 220 Å². The first-order valence-corrected chi connectivity index (χ1v) is 13.5. The standard InChI is InChI=1S/2C14H28N2O2/c1-8(2)12(13(17)9(3)4)16-14(18)11(7)15-10(5)6;1-8(2)12(15-10(5)6)14(18)16-11(7)13(17)9(3)4/h2*8-12,15H,1-7H3,(H,16,18)/t2*11-,12-/m00/s1. The van der Waals surface area contributed by atoms with E-state index in [-0.39, 0.29) is 71.2 Å². The van der Waals surface area contributed by atoms with Gasteiger partial charge in [0.1, 0.15) is 0 Å². The average Bonchev–Trinajstić information content (AvgIpc) is 2.73. The molecule has 8 heteroatoms. The minimum Gasteiger partial charge on any atom is -0.345 e. The van der Waals surface area contributed by atoms with Gasteiger partial charge in [-0.2, -0.15) is 0 Å². The summed E-state index contributed by atoms with van der Waals surface area (Å²) in [6.07, 6.45) is 0. The molecule has 0 fully saturated rings. The fourth-order valence-corrected chi connectivity index (χ4v) is 3.58. The number of hydrogen-bond donors (Lipinski definition) is 4. The zero-order valence-corrected chi connectivity index (χ0v) is 25.4. The van der Waals surface area contributed by atoms with Crippen molar-refractivity contribution in [2.24, 2.45) is 23.7 Å². The monoisotopic (exact) mass is 512 g/mol. The summed E-state index contributed by atoms with van der Waals surface area (Å²) in [5.74, 6) is 0.118. The third-order valence-corrected chi connectivity index (χ3v) is 5.63. The van der Waals surface area contributed by atoms with Gasteiger partial charge in [-0.1, -0.05) is 83.1 Å². The van der Waals surface area contributed by atoms with E-state index in [1.165, 1.54) is 0 Å². The fraction of sp³-hybridized carbons (Fsp3) is 0.857. The molecule has 4 atom stereocenters. The Balaban J connectivity index is 0. The van der Waals surface area contributed by atoms with Crippen LogP contribution in [-0.2, 0) is 19.2 Å². The van der Waals surface area contributed by atoms with E-state index in [9.17, 15) is 19.2 Å². The largest absolute Gasteiger partial charge is 0.345 e. The van der Waals surface area contributed by atoms with E-state index in [2.05, 4.69) is 21.3 Å². The molecule has 0 bridgehead atoms. The van der Waals surface area contributed by atoms with Crippen LogP contribution in [0.4, 0.5) is 0 Å². The first kappa shape index (κ1) is 36.4. The molecule has 0 saturated heterocycles. The summed E-state index contributed by atoms with van der Waals surface area (Å²) in [6.45, 7) is 26.8. The molecule has 0 unspecified atom stereocenters. The van der Waals surface area contributed by atoms with Gasteiger partial charge in [-0.25, -0.2) is 0 Å². The van der Waals surface area contributed by atoms with E-state index in [0.29, 0.717) is 0 Å². The van der Waals surface area contributed by atoms with Crippen LogP contribution in [0, 0.1) is 23.7 Å². The summed E-state index contributed by atoms with van der Waals surface area (Å²) in [5.41, 5.74) is 0. The second kappa shape index (κ2) is 17.6. The molecule has 0 rings (SSSR count). The van der Waals surface area contributed by atoms with Crippen molar-refractivity contribution in [1.82, 2.24) is 21.3 Å². The third-order valence-electron chi connectivity index (χ3n) is 5.63. The summed E-state index contributed by atoms with van der Waals surface area (Å²) in [6, 6.07) is -0.886. The summed E-state index contributed by atoms with van der Waals surface area (Å²) in [5, 5.41) is 12.0. The van der Waals surface area contributed by atoms with Gasteiger partial charge in [-0.3, -0.25) is 19.2 Å². The smallest absolute Gasteiger partial charge is 0.237 e. The highest BCUT2D eigenvalue weighted by atomic mass is 16.2. The van der Waals surface area contributed by atoms with Crippen molar-refractivity contribution in [3.63, 3.8) is 0 Å². The second-order valence-electron chi connectivity index (χ2n) is 11.7. The predicted octanol–water partition coefficient (Wildman–Crippen LogP) is 3.48.